The van der Waals surface area contributed by atoms with Crippen molar-refractivity contribution in [3.63, 3.8) is 0 Å². The summed E-state index contributed by atoms with van der Waals surface area (Å²) in [5.41, 5.74) is 1.47. The first-order valence-corrected chi connectivity index (χ1v) is 9.78. The number of hydrogen-bond donors (Lipinski definition) is 0. The Balaban J connectivity index is 1.71. The van der Waals surface area contributed by atoms with Gasteiger partial charge in [0.25, 0.3) is 11.4 Å². The Morgan fingerprint density at radius 1 is 0.968 bits per heavy atom. The van der Waals surface area contributed by atoms with Crippen molar-refractivity contribution in [1.82, 2.24) is 19.9 Å². The third-order valence-corrected chi connectivity index (χ3v) is 5.09. The molecule has 3 aromatic carbocycles. The molecule has 152 valence electrons. The van der Waals surface area contributed by atoms with Gasteiger partial charge in [0.2, 0.25) is 5.82 Å². The molecule has 2 aromatic heterocycles. The Hall–Kier alpha value is -3.97. The third kappa shape index (κ3) is 3.45. The van der Waals surface area contributed by atoms with E-state index in [4.69, 9.17) is 20.9 Å². The van der Waals surface area contributed by atoms with E-state index in [0.717, 1.165) is 5.56 Å². The molecule has 0 saturated heterocycles. The van der Waals surface area contributed by atoms with Crippen molar-refractivity contribution < 1.29 is 9.26 Å². The molecule has 0 saturated carbocycles. The van der Waals surface area contributed by atoms with Gasteiger partial charge in [-0.3, -0.25) is 4.79 Å². The second kappa shape index (κ2) is 7.70. The maximum Gasteiger partial charge on any atom is 0.279 e. The van der Waals surface area contributed by atoms with E-state index in [1.54, 1.807) is 73.8 Å². The highest BCUT2D eigenvalue weighted by Crippen LogP contribution is 2.27. The van der Waals surface area contributed by atoms with Gasteiger partial charge in [-0.05, 0) is 42.5 Å². The zero-order valence-corrected chi connectivity index (χ0v) is 17.1. The molecule has 0 aliphatic heterocycles. The van der Waals surface area contributed by atoms with E-state index < -0.39 is 0 Å². The minimum Gasteiger partial charge on any atom is -0.497 e. The van der Waals surface area contributed by atoms with Gasteiger partial charge < -0.3 is 9.26 Å². The first kappa shape index (κ1) is 19.0. The summed E-state index contributed by atoms with van der Waals surface area (Å²) in [6, 6.07) is 21.4. The standard InChI is InChI=1S/C23H15ClN4O3/c1-30-17-6-4-5-16(13-17)28-23(29)19-8-3-2-7-18(19)20(26-28)22-25-21(27-31-22)14-9-11-15(24)12-10-14/h2-13H,1H3. The summed E-state index contributed by atoms with van der Waals surface area (Å²) in [5.74, 6) is 1.22. The molecule has 2 heterocycles. The quantitative estimate of drug-likeness (QED) is 0.408. The molecular weight excluding hydrogens is 416 g/mol. The van der Waals surface area contributed by atoms with Crippen molar-refractivity contribution in [2.75, 3.05) is 7.11 Å². The summed E-state index contributed by atoms with van der Waals surface area (Å²) in [4.78, 5) is 17.7. The molecule has 0 spiro atoms. The fourth-order valence-electron chi connectivity index (χ4n) is 3.30. The highest BCUT2D eigenvalue weighted by atomic mass is 35.5. The predicted molar refractivity (Wildman–Crippen MR) is 118 cm³/mol. The molecular formula is C23H15ClN4O3. The second-order valence-electron chi connectivity index (χ2n) is 6.74. The summed E-state index contributed by atoms with van der Waals surface area (Å²) in [6.45, 7) is 0. The van der Waals surface area contributed by atoms with Crippen LogP contribution in [0.5, 0.6) is 5.75 Å². The molecule has 0 fully saturated rings. The van der Waals surface area contributed by atoms with Crippen molar-refractivity contribution in [1.29, 1.82) is 0 Å². The normalized spacial score (nSPS) is 11.0. The zero-order chi connectivity index (χ0) is 21.4. The van der Waals surface area contributed by atoms with Gasteiger partial charge in [0.05, 0.1) is 18.2 Å². The number of hydrogen-bond acceptors (Lipinski definition) is 6. The third-order valence-electron chi connectivity index (χ3n) is 4.83. The van der Waals surface area contributed by atoms with Crippen molar-refractivity contribution in [3.05, 3.63) is 88.2 Å². The fourth-order valence-corrected chi connectivity index (χ4v) is 3.43. The molecule has 31 heavy (non-hydrogen) atoms. The minimum atomic E-state index is -0.259. The summed E-state index contributed by atoms with van der Waals surface area (Å²) < 4.78 is 12.1. The van der Waals surface area contributed by atoms with Gasteiger partial charge in [0.1, 0.15) is 5.75 Å². The Morgan fingerprint density at radius 3 is 2.52 bits per heavy atom. The number of methoxy groups -OCH3 is 1. The predicted octanol–water partition coefficient (Wildman–Crippen LogP) is 4.76. The van der Waals surface area contributed by atoms with Gasteiger partial charge in [-0.25, -0.2) is 0 Å². The van der Waals surface area contributed by atoms with E-state index in [2.05, 4.69) is 15.2 Å². The maximum absolute atomic E-state index is 13.2. The van der Waals surface area contributed by atoms with Crippen LogP contribution in [0.3, 0.4) is 0 Å². The van der Waals surface area contributed by atoms with Crippen molar-refractivity contribution in [3.8, 4) is 34.4 Å². The molecule has 0 amide bonds. The Labute approximate surface area is 181 Å². The first-order valence-electron chi connectivity index (χ1n) is 9.40. The number of fused-ring (bicyclic) bond motifs is 1. The molecule has 5 rings (SSSR count). The lowest BCUT2D eigenvalue weighted by molar-refractivity contribution is 0.414. The fraction of sp³-hybridized carbons (Fsp3) is 0.0435. The largest absolute Gasteiger partial charge is 0.497 e. The summed E-state index contributed by atoms with van der Waals surface area (Å²) in [5, 5.41) is 10.4. The average molecular weight is 431 g/mol. The van der Waals surface area contributed by atoms with Crippen LogP contribution in [-0.4, -0.2) is 27.0 Å². The van der Waals surface area contributed by atoms with Crippen molar-refractivity contribution >= 4 is 22.4 Å². The van der Waals surface area contributed by atoms with Crippen LogP contribution < -0.4 is 10.3 Å². The van der Waals surface area contributed by atoms with Crippen LogP contribution in [0.25, 0.3) is 39.4 Å². The van der Waals surface area contributed by atoms with Crippen LogP contribution >= 0.6 is 11.6 Å². The molecule has 0 bridgehead atoms. The molecule has 5 aromatic rings. The van der Waals surface area contributed by atoms with Crippen LogP contribution in [0.15, 0.2) is 82.1 Å². The van der Waals surface area contributed by atoms with Gasteiger partial charge in [-0.15, -0.1) is 0 Å². The molecule has 0 N–H and O–H groups in total. The van der Waals surface area contributed by atoms with E-state index in [0.29, 0.717) is 38.8 Å². The van der Waals surface area contributed by atoms with Crippen LogP contribution in [0.1, 0.15) is 0 Å². The number of aromatic nitrogens is 4. The molecule has 0 aliphatic carbocycles. The zero-order valence-electron chi connectivity index (χ0n) is 16.3. The van der Waals surface area contributed by atoms with Crippen molar-refractivity contribution in [2.24, 2.45) is 0 Å². The highest BCUT2D eigenvalue weighted by Gasteiger charge is 2.19. The van der Waals surface area contributed by atoms with Gasteiger partial charge in [-0.1, -0.05) is 41.0 Å². The Kier molecular flexibility index (Phi) is 4.72. The number of nitrogens with zero attached hydrogens (tertiary/aromatic N) is 4. The highest BCUT2D eigenvalue weighted by molar-refractivity contribution is 6.30. The van der Waals surface area contributed by atoms with Crippen LogP contribution in [0.2, 0.25) is 5.02 Å². The maximum atomic E-state index is 13.2. The molecule has 0 aliphatic rings. The number of halogens is 1. The van der Waals surface area contributed by atoms with E-state index in [1.165, 1.54) is 4.68 Å². The van der Waals surface area contributed by atoms with E-state index in [1.807, 2.05) is 6.07 Å². The Bertz CT molecular complexity index is 1460. The second-order valence-corrected chi connectivity index (χ2v) is 7.18. The van der Waals surface area contributed by atoms with Gasteiger partial charge >= 0.3 is 0 Å². The molecule has 0 unspecified atom stereocenters. The lowest BCUT2D eigenvalue weighted by Gasteiger charge is -2.10. The molecule has 0 radical (unpaired) electrons. The monoisotopic (exact) mass is 430 g/mol. The summed E-state index contributed by atoms with van der Waals surface area (Å²) in [7, 11) is 1.57. The number of rotatable bonds is 4. The summed E-state index contributed by atoms with van der Waals surface area (Å²) >= 11 is 5.96. The van der Waals surface area contributed by atoms with E-state index in [-0.39, 0.29) is 11.4 Å². The topological polar surface area (TPSA) is 83.0 Å². The smallest absolute Gasteiger partial charge is 0.279 e. The van der Waals surface area contributed by atoms with E-state index in [9.17, 15) is 4.79 Å². The lowest BCUT2D eigenvalue weighted by Crippen LogP contribution is -2.22. The minimum absolute atomic E-state index is 0.206. The number of ether oxygens (including phenoxy) is 1. The van der Waals surface area contributed by atoms with E-state index >= 15 is 0 Å². The molecule has 0 atom stereocenters. The summed E-state index contributed by atoms with van der Waals surface area (Å²) in [6.07, 6.45) is 0. The SMILES string of the molecule is COc1cccc(-n2nc(-c3nc(-c4ccc(Cl)cc4)no3)c3ccccc3c2=O)c1. The molecule has 8 heteroatoms. The van der Waals surface area contributed by atoms with Crippen LogP contribution in [-0.2, 0) is 0 Å². The Morgan fingerprint density at radius 2 is 1.74 bits per heavy atom. The first-order chi connectivity index (χ1) is 15.1. The van der Waals surface area contributed by atoms with Crippen molar-refractivity contribution in [2.45, 2.75) is 0 Å². The number of benzene rings is 3. The van der Waals surface area contributed by atoms with Gasteiger partial charge in [-0.2, -0.15) is 14.8 Å². The van der Waals surface area contributed by atoms with Gasteiger partial charge in [0.15, 0.2) is 5.69 Å². The van der Waals surface area contributed by atoms with Crippen LogP contribution in [0, 0.1) is 0 Å². The van der Waals surface area contributed by atoms with Gasteiger partial charge in [0, 0.05) is 22.0 Å². The molecule has 7 nitrogen and oxygen atoms in total. The average Bonchev–Trinajstić information content (AvgIpc) is 3.30. The lowest BCUT2D eigenvalue weighted by atomic mass is 10.1. The van der Waals surface area contributed by atoms with Crippen LogP contribution in [0.4, 0.5) is 0 Å².